The topological polar surface area (TPSA) is 37.3 Å². The number of carboxylic acid groups (broad SMARTS) is 1. The number of hydrogen-bond donors (Lipinski definition) is 1. The molecule has 0 aromatic rings. The lowest BCUT2D eigenvalue weighted by molar-refractivity contribution is -0.134. The maximum atomic E-state index is 9.00. The Morgan fingerprint density at radius 3 is 2.00 bits per heavy atom. The summed E-state index contributed by atoms with van der Waals surface area (Å²) >= 11 is 0. The third kappa shape index (κ3) is 1.16. The summed E-state index contributed by atoms with van der Waals surface area (Å²) in [6.45, 7) is 1.08. The molecule has 0 saturated heterocycles. The van der Waals surface area contributed by atoms with Gasteiger partial charge in [0.2, 0.25) is 0 Å². The predicted molar refractivity (Wildman–Crippen MR) is 13.3 cm³/mol. The molecule has 24 valence electrons. The Morgan fingerprint density at radius 1 is 2.00 bits per heavy atom. The van der Waals surface area contributed by atoms with Crippen molar-refractivity contribution in [3.8, 4) is 0 Å². The SMILES string of the molecule is CC(=[18O])[18OH]. The van der Waals surface area contributed by atoms with Gasteiger partial charge in [-0.05, 0) is 0 Å². The average Bonchev–Trinajstić information content (AvgIpc) is 0.811. The highest BCUT2D eigenvalue weighted by molar-refractivity contribution is 5.62. The van der Waals surface area contributed by atoms with E-state index in [1.165, 1.54) is 0 Å². The summed E-state index contributed by atoms with van der Waals surface area (Å²) in [4.78, 5) is 9.00. The molecule has 0 bridgehead atoms. The molecule has 0 atom stereocenters. The van der Waals surface area contributed by atoms with Crippen LogP contribution in [0, 0.1) is 0 Å². The first-order valence-electron chi connectivity index (χ1n) is 0.928. The van der Waals surface area contributed by atoms with Crippen molar-refractivity contribution in [2.75, 3.05) is 0 Å². The van der Waals surface area contributed by atoms with Gasteiger partial charge in [0, 0.05) is 6.92 Å². The minimum absolute atomic E-state index is 0.833. The van der Waals surface area contributed by atoms with Crippen molar-refractivity contribution in [2.45, 2.75) is 6.92 Å². The first kappa shape index (κ1) is 3.47. The summed E-state index contributed by atoms with van der Waals surface area (Å²) in [7, 11) is 0. The van der Waals surface area contributed by atoms with Crippen LogP contribution in [0.3, 0.4) is 0 Å². The number of carboxylic acids is 1. The van der Waals surface area contributed by atoms with Crippen molar-refractivity contribution < 1.29 is 9.90 Å². The van der Waals surface area contributed by atoms with Gasteiger partial charge in [0.1, 0.15) is 0 Å². The van der Waals surface area contributed by atoms with Crippen LogP contribution in [0.5, 0.6) is 0 Å². The van der Waals surface area contributed by atoms with Crippen LogP contribution >= 0.6 is 0 Å². The van der Waals surface area contributed by atoms with E-state index >= 15 is 0 Å². The largest absolute Gasteiger partial charge is 0.481 e. The molecule has 0 spiro atoms. The van der Waals surface area contributed by atoms with E-state index in [9.17, 15) is 0 Å². The Morgan fingerprint density at radius 2 is 2.00 bits per heavy atom. The molecule has 2 nitrogen and oxygen atoms in total. The highest BCUT2D eigenvalue weighted by Gasteiger charge is 1.65. The van der Waals surface area contributed by atoms with E-state index in [4.69, 9.17) is 9.90 Å². The Balaban J connectivity index is 2.80. The fourth-order valence-electron chi connectivity index (χ4n) is 0. The van der Waals surface area contributed by atoms with E-state index < -0.39 is 5.97 Å². The second kappa shape index (κ2) is 0.875. The lowest BCUT2D eigenvalue weighted by Gasteiger charge is -1.59. The zero-order valence-corrected chi connectivity index (χ0v) is 2.36. The maximum Gasteiger partial charge on any atom is 0.300 e. The lowest BCUT2D eigenvalue weighted by Crippen LogP contribution is -1.78. The van der Waals surface area contributed by atoms with Gasteiger partial charge < -0.3 is 5.11 Å². The number of rotatable bonds is 0. The van der Waals surface area contributed by atoms with Crippen molar-refractivity contribution >= 4 is 5.97 Å². The first-order valence-corrected chi connectivity index (χ1v) is 0.928. The van der Waals surface area contributed by atoms with Crippen LogP contribution < -0.4 is 0 Å². The summed E-state index contributed by atoms with van der Waals surface area (Å²) in [5.74, 6) is -0.833. The average molecular weight is 64.1 g/mol. The van der Waals surface area contributed by atoms with Crippen LogP contribution in [0.4, 0.5) is 0 Å². The van der Waals surface area contributed by atoms with Crippen molar-refractivity contribution in [1.82, 2.24) is 0 Å². The van der Waals surface area contributed by atoms with Crippen molar-refractivity contribution in [1.29, 1.82) is 0 Å². The summed E-state index contributed by atoms with van der Waals surface area (Å²) in [6.07, 6.45) is 0. The predicted octanol–water partition coefficient (Wildman–Crippen LogP) is 0.0909. The van der Waals surface area contributed by atoms with Gasteiger partial charge in [0.25, 0.3) is 5.97 Å². The molecule has 4 heavy (non-hydrogen) atoms. The van der Waals surface area contributed by atoms with E-state index in [1.54, 1.807) is 0 Å². The molecule has 0 aliphatic carbocycles. The van der Waals surface area contributed by atoms with Crippen LogP contribution in [0.25, 0.3) is 0 Å². The van der Waals surface area contributed by atoms with Crippen LogP contribution in [0.15, 0.2) is 0 Å². The monoisotopic (exact) mass is 64.0 g/mol. The zero-order valence-electron chi connectivity index (χ0n) is 2.36. The van der Waals surface area contributed by atoms with Gasteiger partial charge in [-0.1, -0.05) is 0 Å². The summed E-state index contributed by atoms with van der Waals surface area (Å²) in [5.41, 5.74) is 0. The van der Waals surface area contributed by atoms with E-state index in [-0.39, 0.29) is 0 Å². The van der Waals surface area contributed by atoms with Gasteiger partial charge in [-0.2, -0.15) is 0 Å². The molecule has 0 fully saturated rings. The van der Waals surface area contributed by atoms with Gasteiger partial charge in [-0.15, -0.1) is 0 Å². The van der Waals surface area contributed by atoms with Crippen LogP contribution in [-0.2, 0) is 4.79 Å². The second-order valence-corrected chi connectivity index (χ2v) is 0.519. The first-order chi connectivity index (χ1) is 1.73. The smallest absolute Gasteiger partial charge is 0.300 e. The summed E-state index contributed by atoms with van der Waals surface area (Å²) in [5, 5.41) is 7.42. The molecular formula is C2H4O2. The van der Waals surface area contributed by atoms with Gasteiger partial charge in [-0.25, -0.2) is 0 Å². The number of hydrogen-bond acceptors (Lipinski definition) is 1. The molecule has 0 aliphatic heterocycles. The normalized spacial score (nSPS) is 6.25. The third-order valence-electron chi connectivity index (χ3n) is 0. The summed E-state index contributed by atoms with van der Waals surface area (Å²) in [6, 6.07) is 0. The maximum absolute atomic E-state index is 9.00. The number of aliphatic carboxylic acids is 1. The van der Waals surface area contributed by atoms with Crippen LogP contribution in [-0.4, -0.2) is 11.1 Å². The highest BCUT2D eigenvalue weighted by Crippen LogP contribution is 1.42. The molecular weight excluding hydrogens is 60.0 g/mol. The minimum atomic E-state index is -0.833. The van der Waals surface area contributed by atoms with Crippen molar-refractivity contribution in [3.63, 3.8) is 0 Å². The molecule has 0 heterocycles. The Hall–Kier alpha value is -0.530. The van der Waals surface area contributed by atoms with Gasteiger partial charge in [0.15, 0.2) is 0 Å². The van der Waals surface area contributed by atoms with E-state index in [0.29, 0.717) is 0 Å². The molecule has 0 radical (unpaired) electrons. The quantitative estimate of drug-likeness (QED) is 0.405. The Labute approximate surface area is 24.1 Å². The van der Waals surface area contributed by atoms with Crippen LogP contribution in [0.1, 0.15) is 6.92 Å². The van der Waals surface area contributed by atoms with E-state index in [2.05, 4.69) is 0 Å². The van der Waals surface area contributed by atoms with Gasteiger partial charge in [0.05, 0.1) is 0 Å². The van der Waals surface area contributed by atoms with E-state index in [1.807, 2.05) is 0 Å². The molecule has 0 unspecified atom stereocenters. The fourth-order valence-corrected chi connectivity index (χ4v) is 0. The van der Waals surface area contributed by atoms with Crippen molar-refractivity contribution in [2.24, 2.45) is 0 Å². The zero-order chi connectivity index (χ0) is 3.58. The minimum Gasteiger partial charge on any atom is -0.481 e. The molecule has 0 rings (SSSR count). The van der Waals surface area contributed by atoms with Gasteiger partial charge >= 0.3 is 0 Å². The molecule has 0 aliphatic rings. The molecule has 0 amide bonds. The fraction of sp³-hybridized carbons (Fsp3) is 0.500. The lowest BCUT2D eigenvalue weighted by atomic mass is 10.9. The highest BCUT2D eigenvalue weighted by atomic mass is 18.2. The van der Waals surface area contributed by atoms with Crippen LogP contribution in [0.2, 0.25) is 0 Å². The standard InChI is InChI=1S/C2H4O2/c1-2(3)4/h1H3,(H,3,4)/i3+2,4+2. The number of carbonyl (C=O) groups is 1. The molecule has 0 aromatic heterocycles. The molecule has 0 aromatic carbocycles. The van der Waals surface area contributed by atoms with Gasteiger partial charge in [-0.3, -0.25) is 4.79 Å². The van der Waals surface area contributed by atoms with Crippen molar-refractivity contribution in [3.05, 3.63) is 0 Å². The van der Waals surface area contributed by atoms with E-state index in [0.717, 1.165) is 6.92 Å². The summed E-state index contributed by atoms with van der Waals surface area (Å²) < 4.78 is 0. The third-order valence-corrected chi connectivity index (χ3v) is 0. The Bertz CT molecular complexity index is 27.0. The second-order valence-electron chi connectivity index (χ2n) is 0.519. The molecule has 2 heteroatoms. The molecule has 0 saturated carbocycles. The Kier molecular flexibility index (Phi) is 0.759. The molecule has 1 N–H and O–H groups in total.